The van der Waals surface area contributed by atoms with E-state index in [-0.39, 0.29) is 12.8 Å². The van der Waals surface area contributed by atoms with Crippen molar-refractivity contribution in [2.75, 3.05) is 0 Å². The number of nitrogens with zero attached hydrogens (tertiary/aromatic N) is 2. The van der Waals surface area contributed by atoms with Gasteiger partial charge < -0.3 is 14.8 Å². The lowest BCUT2D eigenvalue weighted by atomic mass is 10.1. The van der Waals surface area contributed by atoms with Crippen molar-refractivity contribution < 1.29 is 15.0 Å². The third-order valence-electron chi connectivity index (χ3n) is 2.61. The minimum Gasteiger partial charge on any atom is -0.481 e. The Morgan fingerprint density at radius 2 is 2.40 bits per heavy atom. The molecule has 0 aromatic carbocycles. The molecule has 5 nitrogen and oxygen atoms in total. The molecule has 0 aliphatic heterocycles. The lowest BCUT2D eigenvalue weighted by Crippen LogP contribution is -2.07. The van der Waals surface area contributed by atoms with E-state index < -0.39 is 12.1 Å². The summed E-state index contributed by atoms with van der Waals surface area (Å²) in [5, 5.41) is 18.3. The van der Waals surface area contributed by atoms with Crippen LogP contribution in [-0.4, -0.2) is 25.7 Å². The van der Waals surface area contributed by atoms with Crippen molar-refractivity contribution in [1.82, 2.24) is 9.55 Å². The molecular weight excluding hydrogens is 196 g/mol. The summed E-state index contributed by atoms with van der Waals surface area (Å²) in [6.45, 7) is 0. The molecule has 1 unspecified atom stereocenters. The van der Waals surface area contributed by atoms with Crippen LogP contribution in [0.2, 0.25) is 0 Å². The molecule has 2 rings (SSSR count). The van der Waals surface area contributed by atoms with Gasteiger partial charge in [-0.3, -0.25) is 4.79 Å². The van der Waals surface area contributed by atoms with Crippen LogP contribution in [0.25, 0.3) is 0 Å². The van der Waals surface area contributed by atoms with Crippen LogP contribution in [-0.2, 0) is 4.79 Å². The molecule has 1 fully saturated rings. The molecule has 1 aliphatic rings. The first kappa shape index (κ1) is 10.2. The third kappa shape index (κ3) is 2.36. The van der Waals surface area contributed by atoms with Gasteiger partial charge in [0, 0.05) is 12.5 Å². The maximum Gasteiger partial charge on any atom is 0.303 e. The summed E-state index contributed by atoms with van der Waals surface area (Å²) < 4.78 is 1.95. The van der Waals surface area contributed by atoms with E-state index in [0.717, 1.165) is 18.5 Å². The van der Waals surface area contributed by atoms with Gasteiger partial charge in [-0.05, 0) is 19.3 Å². The van der Waals surface area contributed by atoms with Crippen molar-refractivity contribution in [1.29, 1.82) is 0 Å². The third-order valence-corrected chi connectivity index (χ3v) is 2.61. The predicted molar refractivity (Wildman–Crippen MR) is 52.3 cm³/mol. The highest BCUT2D eigenvalue weighted by Gasteiger charge is 2.27. The highest BCUT2D eigenvalue weighted by molar-refractivity contribution is 5.66. The fourth-order valence-corrected chi connectivity index (χ4v) is 1.64. The van der Waals surface area contributed by atoms with E-state index in [4.69, 9.17) is 5.11 Å². The fourth-order valence-electron chi connectivity index (χ4n) is 1.64. The second kappa shape index (κ2) is 4.02. The number of hydrogen-bond donors (Lipinski definition) is 2. The number of imidazole rings is 1. The maximum atomic E-state index is 10.4. The number of aliphatic hydroxyl groups excluding tert-OH is 1. The molecule has 15 heavy (non-hydrogen) atoms. The minimum atomic E-state index is -0.883. The number of rotatable bonds is 5. The summed E-state index contributed by atoms with van der Waals surface area (Å²) >= 11 is 0. The second-order valence-electron chi connectivity index (χ2n) is 3.91. The SMILES string of the molecule is O=C(O)CCC(O)c1cncn1C1CC1. The number of carbonyl (C=O) groups is 1. The Morgan fingerprint density at radius 1 is 1.67 bits per heavy atom. The maximum absolute atomic E-state index is 10.4. The molecule has 1 atom stereocenters. The largest absolute Gasteiger partial charge is 0.481 e. The molecule has 1 aromatic rings. The molecular formula is C10H14N2O3. The van der Waals surface area contributed by atoms with Crippen LogP contribution in [0.5, 0.6) is 0 Å². The molecule has 5 heteroatoms. The molecule has 0 spiro atoms. The molecule has 0 bridgehead atoms. The quantitative estimate of drug-likeness (QED) is 0.763. The van der Waals surface area contributed by atoms with Crippen LogP contribution in [0, 0.1) is 0 Å². The van der Waals surface area contributed by atoms with E-state index in [1.807, 2.05) is 4.57 Å². The topological polar surface area (TPSA) is 75.3 Å². The van der Waals surface area contributed by atoms with E-state index in [0.29, 0.717) is 6.04 Å². The summed E-state index contributed by atoms with van der Waals surface area (Å²) in [5.74, 6) is -0.883. The minimum absolute atomic E-state index is 0.0169. The number of aromatic nitrogens is 2. The number of carboxylic acids is 1. The fraction of sp³-hybridized carbons (Fsp3) is 0.600. The molecule has 1 aromatic heterocycles. The summed E-state index contributed by atoms with van der Waals surface area (Å²) in [5.41, 5.74) is 0.735. The highest BCUT2D eigenvalue weighted by Crippen LogP contribution is 2.37. The Morgan fingerprint density at radius 3 is 3.00 bits per heavy atom. The molecule has 1 saturated carbocycles. The van der Waals surface area contributed by atoms with Gasteiger partial charge in [0.2, 0.25) is 0 Å². The van der Waals surface area contributed by atoms with Crippen molar-refractivity contribution in [3.8, 4) is 0 Å². The first-order chi connectivity index (χ1) is 7.18. The van der Waals surface area contributed by atoms with Gasteiger partial charge in [-0.2, -0.15) is 0 Å². The van der Waals surface area contributed by atoms with Gasteiger partial charge in [-0.15, -0.1) is 0 Å². The van der Waals surface area contributed by atoms with Crippen LogP contribution in [0.3, 0.4) is 0 Å². The lowest BCUT2D eigenvalue weighted by molar-refractivity contribution is -0.137. The van der Waals surface area contributed by atoms with Crippen molar-refractivity contribution in [2.45, 2.75) is 37.8 Å². The van der Waals surface area contributed by atoms with Crippen LogP contribution in [0.1, 0.15) is 43.5 Å². The average Bonchev–Trinajstić information content (AvgIpc) is 2.93. The molecule has 82 valence electrons. The predicted octanol–water partition coefficient (Wildman–Crippen LogP) is 1.12. The Bertz CT molecular complexity index is 357. The van der Waals surface area contributed by atoms with Crippen molar-refractivity contribution in [3.05, 3.63) is 18.2 Å². The monoisotopic (exact) mass is 210 g/mol. The Balaban J connectivity index is 2.00. The smallest absolute Gasteiger partial charge is 0.303 e. The first-order valence-electron chi connectivity index (χ1n) is 5.10. The second-order valence-corrected chi connectivity index (χ2v) is 3.91. The zero-order chi connectivity index (χ0) is 10.8. The summed E-state index contributed by atoms with van der Waals surface area (Å²) in [6, 6.07) is 0.460. The summed E-state index contributed by atoms with van der Waals surface area (Å²) in [7, 11) is 0. The van der Waals surface area contributed by atoms with Crippen molar-refractivity contribution in [3.63, 3.8) is 0 Å². The summed E-state index contributed by atoms with van der Waals surface area (Å²) in [6.07, 6.45) is 5.07. The molecule has 0 saturated heterocycles. The van der Waals surface area contributed by atoms with Crippen molar-refractivity contribution in [2.24, 2.45) is 0 Å². The Labute approximate surface area is 87.4 Å². The standard InChI is InChI=1S/C10H14N2O3/c13-9(3-4-10(14)15)8-5-11-6-12(8)7-1-2-7/h5-7,9,13H,1-4H2,(H,14,15). The first-order valence-corrected chi connectivity index (χ1v) is 5.10. The zero-order valence-corrected chi connectivity index (χ0v) is 8.33. The molecule has 2 N–H and O–H groups in total. The van der Waals surface area contributed by atoms with Gasteiger partial charge in [-0.25, -0.2) is 4.98 Å². The molecule has 0 radical (unpaired) electrons. The Kier molecular flexibility index (Phi) is 2.73. The van der Waals surface area contributed by atoms with Crippen molar-refractivity contribution >= 4 is 5.97 Å². The van der Waals surface area contributed by atoms with Crippen LogP contribution in [0.15, 0.2) is 12.5 Å². The van der Waals surface area contributed by atoms with E-state index in [2.05, 4.69) is 4.98 Å². The van der Waals surface area contributed by atoms with Gasteiger partial charge >= 0.3 is 5.97 Å². The molecule has 1 aliphatic carbocycles. The number of carboxylic acid groups (broad SMARTS) is 1. The normalized spacial score (nSPS) is 17.7. The highest BCUT2D eigenvalue weighted by atomic mass is 16.4. The average molecular weight is 210 g/mol. The number of aliphatic hydroxyl groups is 1. The van der Waals surface area contributed by atoms with E-state index in [1.165, 1.54) is 0 Å². The van der Waals surface area contributed by atoms with Gasteiger partial charge in [0.15, 0.2) is 0 Å². The van der Waals surface area contributed by atoms with Crippen LogP contribution in [0.4, 0.5) is 0 Å². The molecule has 1 heterocycles. The van der Waals surface area contributed by atoms with Gasteiger partial charge in [0.1, 0.15) is 0 Å². The zero-order valence-electron chi connectivity index (χ0n) is 8.33. The van der Waals surface area contributed by atoms with Gasteiger partial charge in [0.05, 0.1) is 24.3 Å². The van der Waals surface area contributed by atoms with E-state index in [9.17, 15) is 9.90 Å². The summed E-state index contributed by atoms with van der Waals surface area (Å²) in [4.78, 5) is 14.4. The number of hydrogen-bond acceptors (Lipinski definition) is 3. The van der Waals surface area contributed by atoms with Crippen LogP contribution >= 0.6 is 0 Å². The lowest BCUT2D eigenvalue weighted by Gasteiger charge is -2.11. The van der Waals surface area contributed by atoms with Gasteiger partial charge in [0.25, 0.3) is 0 Å². The van der Waals surface area contributed by atoms with E-state index in [1.54, 1.807) is 12.5 Å². The molecule has 0 amide bonds. The van der Waals surface area contributed by atoms with E-state index >= 15 is 0 Å². The number of aliphatic carboxylic acids is 1. The van der Waals surface area contributed by atoms with Crippen LogP contribution < -0.4 is 0 Å². The van der Waals surface area contributed by atoms with Gasteiger partial charge in [-0.1, -0.05) is 0 Å². The Hall–Kier alpha value is -1.36.